The number of hydrogen-bond acceptors (Lipinski definition) is 3. The van der Waals surface area contributed by atoms with Gasteiger partial charge in [0.1, 0.15) is 5.75 Å². The second kappa shape index (κ2) is 8.27. The van der Waals surface area contributed by atoms with E-state index in [1.807, 2.05) is 25.1 Å². The van der Waals surface area contributed by atoms with E-state index in [1.165, 1.54) is 0 Å². The number of carbonyl (C=O) groups is 1. The summed E-state index contributed by atoms with van der Waals surface area (Å²) in [5, 5.41) is 2.74. The average molecular weight is 343 g/mol. The molecule has 4 nitrogen and oxygen atoms in total. The smallest absolute Gasteiger partial charge is 0.260 e. The van der Waals surface area contributed by atoms with Gasteiger partial charge < -0.3 is 15.8 Å². The Balaban J connectivity index is 2.76. The monoisotopic (exact) mass is 342 g/mol. The van der Waals surface area contributed by atoms with Crippen LogP contribution in [0.25, 0.3) is 0 Å². The molecule has 2 atom stereocenters. The Morgan fingerprint density at radius 3 is 2.75 bits per heavy atom. The number of ether oxygens (including phenoxy) is 1. The minimum atomic E-state index is -0.510. The first-order valence-electron chi connectivity index (χ1n) is 6.96. The molecular formula is C15H23BrN2O2. The normalized spacial score (nSPS) is 13.7. The molecule has 20 heavy (non-hydrogen) atoms. The fraction of sp³-hybridized carbons (Fsp3) is 0.533. The van der Waals surface area contributed by atoms with Gasteiger partial charge in [-0.05, 0) is 50.5 Å². The molecule has 0 heterocycles. The van der Waals surface area contributed by atoms with E-state index in [1.54, 1.807) is 6.92 Å². The van der Waals surface area contributed by atoms with Crippen LogP contribution in [0.3, 0.4) is 0 Å². The minimum Gasteiger partial charge on any atom is -0.481 e. The molecule has 0 spiro atoms. The van der Waals surface area contributed by atoms with Crippen molar-refractivity contribution in [3.8, 4) is 5.75 Å². The molecule has 1 amide bonds. The quantitative estimate of drug-likeness (QED) is 0.800. The fourth-order valence-electron chi connectivity index (χ4n) is 1.78. The Hall–Kier alpha value is -1.07. The maximum absolute atomic E-state index is 11.7. The Kier molecular flexibility index (Phi) is 7.02. The second-order valence-corrected chi connectivity index (χ2v) is 5.63. The van der Waals surface area contributed by atoms with Gasteiger partial charge in [0.05, 0.1) is 0 Å². The standard InChI is InChI=1S/C15H23BrN2O2/c1-4-12(17)8-11-9-13(6-7-14(11)16)20-10(3)15(19)18-5-2/h6-7,9-10,12H,4-5,8,17H2,1-3H3,(H,18,19). The van der Waals surface area contributed by atoms with Crippen molar-refractivity contribution in [2.75, 3.05) is 6.54 Å². The van der Waals surface area contributed by atoms with Crippen LogP contribution in [0.15, 0.2) is 22.7 Å². The highest BCUT2D eigenvalue weighted by molar-refractivity contribution is 9.10. The van der Waals surface area contributed by atoms with Gasteiger partial charge in [-0.25, -0.2) is 0 Å². The third-order valence-corrected chi connectivity index (χ3v) is 3.83. The van der Waals surface area contributed by atoms with E-state index in [0.29, 0.717) is 12.3 Å². The van der Waals surface area contributed by atoms with Gasteiger partial charge in [-0.3, -0.25) is 4.79 Å². The van der Waals surface area contributed by atoms with Gasteiger partial charge in [0.15, 0.2) is 6.10 Å². The van der Waals surface area contributed by atoms with Crippen LogP contribution < -0.4 is 15.8 Å². The molecule has 0 fully saturated rings. The maximum Gasteiger partial charge on any atom is 0.260 e. The zero-order chi connectivity index (χ0) is 15.1. The summed E-state index contributed by atoms with van der Waals surface area (Å²) >= 11 is 3.52. The van der Waals surface area contributed by atoms with Crippen molar-refractivity contribution in [1.82, 2.24) is 5.32 Å². The van der Waals surface area contributed by atoms with Crippen LogP contribution in [-0.2, 0) is 11.2 Å². The lowest BCUT2D eigenvalue weighted by molar-refractivity contribution is -0.127. The van der Waals surface area contributed by atoms with E-state index >= 15 is 0 Å². The summed E-state index contributed by atoms with van der Waals surface area (Å²) < 4.78 is 6.68. The molecular weight excluding hydrogens is 320 g/mol. The number of nitrogens with two attached hydrogens (primary N) is 1. The number of halogens is 1. The zero-order valence-electron chi connectivity index (χ0n) is 12.3. The Morgan fingerprint density at radius 2 is 2.15 bits per heavy atom. The number of likely N-dealkylation sites (N-methyl/N-ethyl adjacent to an activating group) is 1. The fourth-order valence-corrected chi connectivity index (χ4v) is 2.19. The van der Waals surface area contributed by atoms with E-state index < -0.39 is 6.10 Å². The maximum atomic E-state index is 11.7. The summed E-state index contributed by atoms with van der Waals surface area (Å²) in [5.74, 6) is 0.576. The average Bonchev–Trinajstić information content (AvgIpc) is 2.42. The molecule has 0 aromatic heterocycles. The lowest BCUT2D eigenvalue weighted by Crippen LogP contribution is -2.36. The molecule has 5 heteroatoms. The van der Waals surface area contributed by atoms with Crippen molar-refractivity contribution in [1.29, 1.82) is 0 Å². The van der Waals surface area contributed by atoms with Gasteiger partial charge in [-0.2, -0.15) is 0 Å². The molecule has 0 radical (unpaired) electrons. The molecule has 0 bridgehead atoms. The number of hydrogen-bond donors (Lipinski definition) is 2. The molecule has 2 unspecified atom stereocenters. The predicted octanol–water partition coefficient (Wildman–Crippen LogP) is 2.63. The highest BCUT2D eigenvalue weighted by Gasteiger charge is 2.14. The van der Waals surface area contributed by atoms with E-state index in [0.717, 1.165) is 22.9 Å². The van der Waals surface area contributed by atoms with Crippen molar-refractivity contribution in [3.63, 3.8) is 0 Å². The summed E-state index contributed by atoms with van der Waals surface area (Å²) in [6, 6.07) is 5.84. The number of rotatable bonds is 7. The third-order valence-electron chi connectivity index (χ3n) is 3.06. The van der Waals surface area contributed by atoms with Crippen LogP contribution in [0.2, 0.25) is 0 Å². The van der Waals surface area contributed by atoms with Gasteiger partial charge in [0, 0.05) is 17.1 Å². The van der Waals surface area contributed by atoms with Crippen molar-refractivity contribution in [2.24, 2.45) is 5.73 Å². The van der Waals surface area contributed by atoms with Crippen molar-refractivity contribution >= 4 is 21.8 Å². The van der Waals surface area contributed by atoms with Crippen LogP contribution in [0, 0.1) is 0 Å². The predicted molar refractivity (Wildman–Crippen MR) is 84.9 cm³/mol. The molecule has 112 valence electrons. The molecule has 1 aromatic carbocycles. The summed E-state index contributed by atoms with van der Waals surface area (Å²) in [6.45, 7) is 6.29. The molecule has 3 N–H and O–H groups in total. The lowest BCUT2D eigenvalue weighted by atomic mass is 10.0. The molecule has 1 rings (SSSR count). The molecule has 0 aliphatic heterocycles. The first-order valence-corrected chi connectivity index (χ1v) is 7.75. The highest BCUT2D eigenvalue weighted by atomic mass is 79.9. The summed E-state index contributed by atoms with van der Waals surface area (Å²) in [5.41, 5.74) is 7.08. The van der Waals surface area contributed by atoms with Crippen LogP contribution in [0.1, 0.15) is 32.8 Å². The SMILES string of the molecule is CCNC(=O)C(C)Oc1ccc(Br)c(CC(N)CC)c1. The second-order valence-electron chi connectivity index (χ2n) is 4.78. The number of carbonyl (C=O) groups excluding carboxylic acids is 1. The van der Waals surface area contributed by atoms with E-state index in [2.05, 4.69) is 28.2 Å². The largest absolute Gasteiger partial charge is 0.481 e. The summed E-state index contributed by atoms with van der Waals surface area (Å²) in [6.07, 6.45) is 1.19. The number of amides is 1. The van der Waals surface area contributed by atoms with Gasteiger partial charge in [0.2, 0.25) is 0 Å². The topological polar surface area (TPSA) is 64.3 Å². The third kappa shape index (κ3) is 5.13. The first kappa shape index (κ1) is 17.0. The first-order chi connectivity index (χ1) is 9.47. The summed E-state index contributed by atoms with van der Waals surface area (Å²) in [4.78, 5) is 11.7. The van der Waals surface area contributed by atoms with Crippen LogP contribution in [0.4, 0.5) is 0 Å². The van der Waals surface area contributed by atoms with Gasteiger partial charge in [0.25, 0.3) is 5.91 Å². The van der Waals surface area contributed by atoms with Crippen LogP contribution in [0.5, 0.6) is 5.75 Å². The van der Waals surface area contributed by atoms with E-state index in [-0.39, 0.29) is 11.9 Å². The van der Waals surface area contributed by atoms with Crippen molar-refractivity contribution in [2.45, 2.75) is 45.8 Å². The van der Waals surface area contributed by atoms with Crippen molar-refractivity contribution < 1.29 is 9.53 Å². The van der Waals surface area contributed by atoms with Crippen molar-refractivity contribution in [3.05, 3.63) is 28.2 Å². The van der Waals surface area contributed by atoms with Crippen LogP contribution >= 0.6 is 15.9 Å². The molecule has 0 saturated carbocycles. The highest BCUT2D eigenvalue weighted by Crippen LogP contribution is 2.24. The Morgan fingerprint density at radius 1 is 1.45 bits per heavy atom. The van der Waals surface area contributed by atoms with E-state index in [4.69, 9.17) is 10.5 Å². The zero-order valence-corrected chi connectivity index (χ0v) is 13.9. The van der Waals surface area contributed by atoms with E-state index in [9.17, 15) is 4.79 Å². The minimum absolute atomic E-state index is 0.109. The number of nitrogens with one attached hydrogen (secondary N) is 1. The Labute approximate surface area is 129 Å². The lowest BCUT2D eigenvalue weighted by Gasteiger charge is -2.16. The van der Waals surface area contributed by atoms with Crippen LogP contribution in [-0.4, -0.2) is 24.6 Å². The molecule has 0 saturated heterocycles. The van der Waals surface area contributed by atoms with Gasteiger partial charge >= 0.3 is 0 Å². The van der Waals surface area contributed by atoms with Gasteiger partial charge in [-0.1, -0.05) is 22.9 Å². The van der Waals surface area contributed by atoms with Gasteiger partial charge in [-0.15, -0.1) is 0 Å². The molecule has 0 aliphatic rings. The Bertz CT molecular complexity index is 451. The number of benzene rings is 1. The molecule has 0 aliphatic carbocycles. The molecule has 1 aromatic rings. The summed E-state index contributed by atoms with van der Waals surface area (Å²) in [7, 11) is 0.